The van der Waals surface area contributed by atoms with Crippen molar-refractivity contribution in [2.45, 2.75) is 65.8 Å². The lowest BCUT2D eigenvalue weighted by Crippen LogP contribution is -2.40. The van der Waals surface area contributed by atoms with Crippen LogP contribution >= 0.6 is 0 Å². The average Bonchev–Trinajstić information content (AvgIpc) is 2.45. The van der Waals surface area contributed by atoms with Crippen LogP contribution < -0.4 is 11.1 Å². The fourth-order valence-corrected chi connectivity index (χ4v) is 2.26. The number of anilines is 1. The van der Waals surface area contributed by atoms with Crippen molar-refractivity contribution in [2.75, 3.05) is 5.32 Å². The molecule has 1 aromatic carbocycles. The molecule has 0 aliphatic carbocycles. The summed E-state index contributed by atoms with van der Waals surface area (Å²) in [5.41, 5.74) is 9.37. The molecule has 0 heterocycles. The van der Waals surface area contributed by atoms with Crippen molar-refractivity contribution in [1.82, 2.24) is 0 Å². The Hall–Kier alpha value is -1.35. The smallest absolute Gasteiger partial charge is 0.241 e. The summed E-state index contributed by atoms with van der Waals surface area (Å²) in [5.74, 6) is 0.930. The zero-order valence-corrected chi connectivity index (χ0v) is 14.2. The number of hydrogen-bond acceptors (Lipinski definition) is 2. The van der Waals surface area contributed by atoms with E-state index in [1.807, 2.05) is 13.0 Å². The minimum atomic E-state index is -0.459. The quantitative estimate of drug-likeness (QED) is 0.823. The van der Waals surface area contributed by atoms with Crippen molar-refractivity contribution >= 4 is 11.6 Å². The Bertz CT molecular complexity index is 480. The first-order valence-corrected chi connectivity index (χ1v) is 7.98. The summed E-state index contributed by atoms with van der Waals surface area (Å²) in [5, 5.41) is 3.01. The molecule has 0 saturated carbocycles. The lowest BCUT2D eigenvalue weighted by atomic mass is 9.93. The Morgan fingerprint density at radius 2 is 1.76 bits per heavy atom. The van der Waals surface area contributed by atoms with Crippen molar-refractivity contribution in [2.24, 2.45) is 11.7 Å². The summed E-state index contributed by atoms with van der Waals surface area (Å²) in [6.07, 6.45) is 0.901. The maximum atomic E-state index is 12.3. The van der Waals surface area contributed by atoms with E-state index in [0.29, 0.717) is 11.8 Å². The molecular weight excluding hydrogens is 260 g/mol. The molecule has 0 fully saturated rings. The zero-order chi connectivity index (χ0) is 16.2. The highest BCUT2D eigenvalue weighted by Crippen LogP contribution is 2.28. The van der Waals surface area contributed by atoms with Gasteiger partial charge in [-0.3, -0.25) is 4.79 Å². The van der Waals surface area contributed by atoms with Crippen LogP contribution in [0.25, 0.3) is 0 Å². The van der Waals surface area contributed by atoms with Gasteiger partial charge in [0.05, 0.1) is 6.04 Å². The largest absolute Gasteiger partial charge is 0.324 e. The fraction of sp³-hybridized carbons (Fsp3) is 0.611. The molecule has 1 rings (SSSR count). The highest BCUT2D eigenvalue weighted by molar-refractivity contribution is 5.95. The lowest BCUT2D eigenvalue weighted by molar-refractivity contribution is -0.118. The maximum Gasteiger partial charge on any atom is 0.241 e. The van der Waals surface area contributed by atoms with Gasteiger partial charge < -0.3 is 11.1 Å². The van der Waals surface area contributed by atoms with Crippen LogP contribution in [0.3, 0.4) is 0 Å². The molecule has 2 atom stereocenters. The Balaban J connectivity index is 3.00. The molecule has 0 bridgehead atoms. The Morgan fingerprint density at radius 1 is 1.14 bits per heavy atom. The van der Waals surface area contributed by atoms with Crippen LogP contribution in [0.15, 0.2) is 18.2 Å². The number of nitrogens with two attached hydrogens (primary N) is 1. The molecule has 0 saturated heterocycles. The Kier molecular flexibility index (Phi) is 6.41. The zero-order valence-electron chi connectivity index (χ0n) is 14.2. The van der Waals surface area contributed by atoms with E-state index in [-0.39, 0.29) is 11.8 Å². The van der Waals surface area contributed by atoms with E-state index in [1.54, 1.807) is 0 Å². The van der Waals surface area contributed by atoms with Crippen molar-refractivity contribution in [3.8, 4) is 0 Å². The highest BCUT2D eigenvalue weighted by Gasteiger charge is 2.21. The second kappa shape index (κ2) is 7.60. The molecule has 2 unspecified atom stereocenters. The SMILES string of the molecule is CCC(C)C(N)C(=O)Nc1ccc(C(C)C)cc1C(C)C. The van der Waals surface area contributed by atoms with Gasteiger partial charge in [0.2, 0.25) is 5.91 Å². The van der Waals surface area contributed by atoms with E-state index in [2.05, 4.69) is 52.1 Å². The molecule has 118 valence electrons. The first-order valence-electron chi connectivity index (χ1n) is 7.98. The molecule has 1 amide bonds. The first-order chi connectivity index (χ1) is 9.77. The lowest BCUT2D eigenvalue weighted by Gasteiger charge is -2.21. The van der Waals surface area contributed by atoms with Crippen LogP contribution in [0, 0.1) is 5.92 Å². The summed E-state index contributed by atoms with van der Waals surface area (Å²) in [7, 11) is 0. The van der Waals surface area contributed by atoms with E-state index in [1.165, 1.54) is 11.1 Å². The number of rotatable bonds is 6. The van der Waals surface area contributed by atoms with Crippen LogP contribution in [-0.2, 0) is 4.79 Å². The number of benzene rings is 1. The van der Waals surface area contributed by atoms with E-state index in [9.17, 15) is 4.79 Å². The first kappa shape index (κ1) is 17.7. The molecule has 3 nitrogen and oxygen atoms in total. The third-order valence-corrected chi connectivity index (χ3v) is 4.18. The molecule has 1 aromatic rings. The summed E-state index contributed by atoms with van der Waals surface area (Å²) in [6, 6.07) is 5.83. The van der Waals surface area contributed by atoms with Crippen molar-refractivity contribution < 1.29 is 4.79 Å². The van der Waals surface area contributed by atoms with Crippen LogP contribution in [0.2, 0.25) is 0 Å². The Labute approximate surface area is 129 Å². The molecule has 0 aromatic heterocycles. The van der Waals surface area contributed by atoms with Gasteiger partial charge in [-0.05, 0) is 34.9 Å². The third kappa shape index (κ3) is 4.57. The van der Waals surface area contributed by atoms with Crippen LogP contribution in [0.5, 0.6) is 0 Å². The van der Waals surface area contributed by atoms with Gasteiger partial charge in [0.15, 0.2) is 0 Å². The topological polar surface area (TPSA) is 55.1 Å². The fourth-order valence-electron chi connectivity index (χ4n) is 2.26. The standard InChI is InChI=1S/C18H30N2O/c1-7-13(6)17(19)18(21)20-16-9-8-14(11(2)3)10-15(16)12(4)5/h8-13,17H,7,19H2,1-6H3,(H,20,21). The molecule has 3 heteroatoms. The summed E-state index contributed by atoms with van der Waals surface area (Å²) in [6.45, 7) is 12.7. The summed E-state index contributed by atoms with van der Waals surface area (Å²) < 4.78 is 0. The Morgan fingerprint density at radius 3 is 2.24 bits per heavy atom. The maximum absolute atomic E-state index is 12.3. The number of amides is 1. The van der Waals surface area contributed by atoms with Crippen LogP contribution in [0.4, 0.5) is 5.69 Å². The van der Waals surface area contributed by atoms with E-state index in [4.69, 9.17) is 5.73 Å². The van der Waals surface area contributed by atoms with Gasteiger partial charge in [-0.2, -0.15) is 0 Å². The van der Waals surface area contributed by atoms with Gasteiger partial charge in [0.1, 0.15) is 0 Å². The molecule has 0 aliphatic heterocycles. The van der Waals surface area contributed by atoms with Crippen LogP contribution in [0.1, 0.15) is 70.9 Å². The second-order valence-electron chi connectivity index (χ2n) is 6.56. The predicted octanol–water partition coefficient (Wildman–Crippen LogP) is 4.25. The van der Waals surface area contributed by atoms with Gasteiger partial charge in [-0.15, -0.1) is 0 Å². The molecule has 0 aliphatic rings. The molecule has 3 N–H and O–H groups in total. The number of carbonyl (C=O) groups excluding carboxylic acids is 1. The highest BCUT2D eigenvalue weighted by atomic mass is 16.2. The monoisotopic (exact) mass is 290 g/mol. The predicted molar refractivity (Wildman–Crippen MR) is 90.7 cm³/mol. The third-order valence-electron chi connectivity index (χ3n) is 4.18. The number of hydrogen-bond donors (Lipinski definition) is 2. The summed E-state index contributed by atoms with van der Waals surface area (Å²) >= 11 is 0. The number of nitrogens with one attached hydrogen (secondary N) is 1. The van der Waals surface area contributed by atoms with E-state index in [0.717, 1.165) is 12.1 Å². The second-order valence-corrected chi connectivity index (χ2v) is 6.56. The molecular formula is C18H30N2O. The molecule has 21 heavy (non-hydrogen) atoms. The van der Waals surface area contributed by atoms with Gasteiger partial charge in [0.25, 0.3) is 0 Å². The normalized spacial score (nSPS) is 14.3. The van der Waals surface area contributed by atoms with Gasteiger partial charge in [0, 0.05) is 5.69 Å². The average molecular weight is 290 g/mol. The molecule has 0 radical (unpaired) electrons. The van der Waals surface area contributed by atoms with Crippen molar-refractivity contribution in [3.63, 3.8) is 0 Å². The number of carbonyl (C=O) groups is 1. The van der Waals surface area contributed by atoms with Crippen molar-refractivity contribution in [3.05, 3.63) is 29.3 Å². The minimum Gasteiger partial charge on any atom is -0.324 e. The van der Waals surface area contributed by atoms with Gasteiger partial charge in [-0.25, -0.2) is 0 Å². The van der Waals surface area contributed by atoms with Crippen LogP contribution in [-0.4, -0.2) is 11.9 Å². The van der Waals surface area contributed by atoms with Gasteiger partial charge >= 0.3 is 0 Å². The van der Waals surface area contributed by atoms with Gasteiger partial charge in [-0.1, -0.05) is 60.1 Å². The van der Waals surface area contributed by atoms with Crippen molar-refractivity contribution in [1.29, 1.82) is 0 Å². The summed E-state index contributed by atoms with van der Waals surface area (Å²) in [4.78, 5) is 12.3. The molecule has 0 spiro atoms. The van der Waals surface area contributed by atoms with E-state index < -0.39 is 6.04 Å². The van der Waals surface area contributed by atoms with E-state index >= 15 is 0 Å². The minimum absolute atomic E-state index is 0.0939.